The Labute approximate surface area is 101 Å². The summed E-state index contributed by atoms with van der Waals surface area (Å²) in [5, 5.41) is 0. The van der Waals surface area contributed by atoms with Crippen LogP contribution in [-0.4, -0.2) is 29.8 Å². The third kappa shape index (κ3) is 2.20. The fraction of sp³-hybridized carbons (Fsp3) is 0.909. The van der Waals surface area contributed by atoms with Crippen LogP contribution in [0.1, 0.15) is 39.5 Å². The number of fused-ring (bicyclic) bond motifs is 2. The van der Waals surface area contributed by atoms with E-state index in [4.69, 9.17) is 9.29 Å². The number of carbonyl (C=O) groups excluding carboxylic acids is 1. The summed E-state index contributed by atoms with van der Waals surface area (Å²) < 4.78 is 34.5. The van der Waals surface area contributed by atoms with Crippen LogP contribution in [0.5, 0.6) is 0 Å². The van der Waals surface area contributed by atoms with E-state index in [9.17, 15) is 13.2 Å². The Morgan fingerprint density at radius 2 is 1.94 bits per heavy atom. The molecule has 0 radical (unpaired) electrons. The zero-order valence-electron chi connectivity index (χ0n) is 10.0. The Hall–Kier alpha value is -0.620. The van der Waals surface area contributed by atoms with Crippen LogP contribution in [0.3, 0.4) is 0 Å². The van der Waals surface area contributed by atoms with Crippen molar-refractivity contribution in [2.45, 2.75) is 50.4 Å². The van der Waals surface area contributed by atoms with Crippen molar-refractivity contribution in [3.05, 3.63) is 0 Å². The van der Waals surface area contributed by atoms with E-state index in [2.05, 4.69) is 0 Å². The maximum atomic E-state index is 11.8. The Morgan fingerprint density at radius 1 is 1.29 bits per heavy atom. The zero-order chi connectivity index (χ0) is 12.8. The lowest BCUT2D eigenvalue weighted by Crippen LogP contribution is -2.43. The second-order valence-corrected chi connectivity index (χ2v) is 7.57. The third-order valence-corrected chi connectivity index (χ3v) is 5.52. The van der Waals surface area contributed by atoms with Gasteiger partial charge < -0.3 is 4.74 Å². The summed E-state index contributed by atoms with van der Waals surface area (Å²) in [6.07, 6.45) is 3.97. The van der Waals surface area contributed by atoms with Gasteiger partial charge in [0.1, 0.15) is 6.10 Å². The van der Waals surface area contributed by atoms with Crippen LogP contribution < -0.4 is 0 Å². The van der Waals surface area contributed by atoms with Crippen molar-refractivity contribution >= 4 is 16.1 Å². The number of hydrogen-bond donors (Lipinski definition) is 1. The average Bonchev–Trinajstić information content (AvgIpc) is 2.76. The highest BCUT2D eigenvalue weighted by atomic mass is 32.2. The van der Waals surface area contributed by atoms with E-state index in [0.29, 0.717) is 11.8 Å². The fourth-order valence-electron chi connectivity index (χ4n) is 2.72. The summed E-state index contributed by atoms with van der Waals surface area (Å²) in [5.41, 5.74) is 0. The molecule has 2 fully saturated rings. The minimum Gasteiger partial charge on any atom is -0.461 e. The average molecular weight is 262 g/mol. The van der Waals surface area contributed by atoms with Gasteiger partial charge in [-0.25, -0.2) is 0 Å². The molecule has 2 aliphatic rings. The van der Waals surface area contributed by atoms with Crippen molar-refractivity contribution in [1.29, 1.82) is 0 Å². The molecule has 3 unspecified atom stereocenters. The van der Waals surface area contributed by atoms with Crippen LogP contribution in [0.4, 0.5) is 0 Å². The summed E-state index contributed by atoms with van der Waals surface area (Å²) >= 11 is 0. The lowest BCUT2D eigenvalue weighted by Gasteiger charge is -2.26. The van der Waals surface area contributed by atoms with Crippen LogP contribution in [0, 0.1) is 11.8 Å². The van der Waals surface area contributed by atoms with Crippen molar-refractivity contribution in [2.24, 2.45) is 11.8 Å². The molecule has 2 aliphatic carbocycles. The Morgan fingerprint density at radius 3 is 2.35 bits per heavy atom. The molecule has 0 amide bonds. The molecule has 3 atom stereocenters. The van der Waals surface area contributed by atoms with E-state index < -0.39 is 20.8 Å². The van der Waals surface area contributed by atoms with Crippen molar-refractivity contribution in [2.75, 3.05) is 0 Å². The standard InChI is InChI=1S/C11H18O5S/c1-11(2,17(13,14)15)10(12)16-9-6-7-3-4-8(9)5-7/h7-9H,3-6H2,1-2H3,(H,13,14,15). The number of hydrogen-bond acceptors (Lipinski definition) is 4. The van der Waals surface area contributed by atoms with Gasteiger partial charge in [-0.2, -0.15) is 8.42 Å². The van der Waals surface area contributed by atoms with E-state index in [1.807, 2.05) is 0 Å². The van der Waals surface area contributed by atoms with E-state index >= 15 is 0 Å². The van der Waals surface area contributed by atoms with Crippen molar-refractivity contribution in [3.63, 3.8) is 0 Å². The molecule has 0 saturated heterocycles. The first-order chi connectivity index (χ1) is 7.72. The first kappa shape index (κ1) is 12.8. The second-order valence-electron chi connectivity index (χ2n) is 5.60. The van der Waals surface area contributed by atoms with Crippen LogP contribution in [-0.2, 0) is 19.6 Å². The lowest BCUT2D eigenvalue weighted by atomic mass is 9.97. The fourth-order valence-corrected chi connectivity index (χ4v) is 2.97. The molecule has 17 heavy (non-hydrogen) atoms. The molecule has 5 nitrogen and oxygen atoms in total. The van der Waals surface area contributed by atoms with Crippen molar-refractivity contribution in [3.8, 4) is 0 Å². The highest BCUT2D eigenvalue weighted by molar-refractivity contribution is 7.88. The van der Waals surface area contributed by atoms with E-state index in [1.54, 1.807) is 0 Å². The van der Waals surface area contributed by atoms with E-state index in [-0.39, 0.29) is 6.10 Å². The summed E-state index contributed by atoms with van der Waals surface area (Å²) in [6, 6.07) is 0. The van der Waals surface area contributed by atoms with Crippen molar-refractivity contribution < 1.29 is 22.5 Å². The molecular weight excluding hydrogens is 244 g/mol. The summed E-state index contributed by atoms with van der Waals surface area (Å²) in [6.45, 7) is 2.33. The summed E-state index contributed by atoms with van der Waals surface area (Å²) in [5.74, 6) is 0.144. The quantitative estimate of drug-likeness (QED) is 0.614. The van der Waals surface area contributed by atoms with E-state index in [0.717, 1.165) is 33.1 Å². The van der Waals surface area contributed by atoms with Gasteiger partial charge in [0.15, 0.2) is 4.75 Å². The Balaban J connectivity index is 2.03. The Bertz CT molecular complexity index is 425. The molecule has 0 aromatic rings. The first-order valence-corrected chi connectivity index (χ1v) is 7.34. The van der Waals surface area contributed by atoms with Crippen LogP contribution >= 0.6 is 0 Å². The first-order valence-electron chi connectivity index (χ1n) is 5.90. The third-order valence-electron chi connectivity index (χ3n) is 4.07. The van der Waals surface area contributed by atoms with Crippen LogP contribution in [0.25, 0.3) is 0 Å². The van der Waals surface area contributed by atoms with Gasteiger partial charge in [0.05, 0.1) is 0 Å². The van der Waals surface area contributed by atoms with Crippen LogP contribution in [0.2, 0.25) is 0 Å². The molecule has 0 heterocycles. The highest BCUT2D eigenvalue weighted by Crippen LogP contribution is 2.46. The number of ether oxygens (including phenoxy) is 1. The predicted molar refractivity (Wildman–Crippen MR) is 61.0 cm³/mol. The van der Waals surface area contributed by atoms with Crippen molar-refractivity contribution in [1.82, 2.24) is 0 Å². The maximum Gasteiger partial charge on any atom is 0.329 e. The maximum absolute atomic E-state index is 11.8. The second kappa shape index (κ2) is 3.95. The van der Waals surface area contributed by atoms with Gasteiger partial charge in [0.25, 0.3) is 10.1 Å². The van der Waals surface area contributed by atoms with Gasteiger partial charge in [0, 0.05) is 0 Å². The monoisotopic (exact) mass is 262 g/mol. The number of carbonyl (C=O) groups is 1. The molecule has 0 aromatic carbocycles. The topological polar surface area (TPSA) is 80.7 Å². The van der Waals surface area contributed by atoms with Gasteiger partial charge in [-0.1, -0.05) is 0 Å². The van der Waals surface area contributed by atoms with Gasteiger partial charge >= 0.3 is 5.97 Å². The molecule has 0 aromatic heterocycles. The number of esters is 1. The number of rotatable bonds is 3. The summed E-state index contributed by atoms with van der Waals surface area (Å²) in [4.78, 5) is 11.8. The normalized spacial score (nSPS) is 32.8. The smallest absolute Gasteiger partial charge is 0.329 e. The minimum absolute atomic E-state index is 0.165. The molecule has 1 N–H and O–H groups in total. The van der Waals surface area contributed by atoms with Gasteiger partial charge in [-0.15, -0.1) is 0 Å². The SMILES string of the molecule is CC(C)(C(=O)OC1CC2CCC1C2)S(=O)(=O)O. The molecule has 0 spiro atoms. The molecule has 2 saturated carbocycles. The molecular formula is C11H18O5S. The largest absolute Gasteiger partial charge is 0.461 e. The minimum atomic E-state index is -4.43. The molecule has 98 valence electrons. The lowest BCUT2D eigenvalue weighted by molar-refractivity contribution is -0.154. The predicted octanol–water partition coefficient (Wildman–Crippen LogP) is 1.38. The molecule has 6 heteroatoms. The Kier molecular flexibility index (Phi) is 2.98. The molecule has 0 aliphatic heterocycles. The summed E-state index contributed by atoms with van der Waals surface area (Å²) in [7, 11) is -4.43. The van der Waals surface area contributed by atoms with Gasteiger partial charge in [-0.05, 0) is 51.4 Å². The van der Waals surface area contributed by atoms with Crippen LogP contribution in [0.15, 0.2) is 0 Å². The van der Waals surface area contributed by atoms with Gasteiger partial charge in [-0.3, -0.25) is 9.35 Å². The highest BCUT2D eigenvalue weighted by Gasteiger charge is 2.47. The molecule has 2 rings (SSSR count). The van der Waals surface area contributed by atoms with Gasteiger partial charge in [0.2, 0.25) is 0 Å². The van der Waals surface area contributed by atoms with E-state index in [1.165, 1.54) is 6.42 Å². The molecule has 2 bridgehead atoms. The zero-order valence-corrected chi connectivity index (χ0v) is 10.9.